The molecule has 98 valence electrons. The van der Waals surface area contributed by atoms with Crippen LogP contribution in [0.1, 0.15) is 36.9 Å². The zero-order chi connectivity index (χ0) is 13.0. The van der Waals surface area contributed by atoms with Crippen LogP contribution in [0.25, 0.3) is 0 Å². The summed E-state index contributed by atoms with van der Waals surface area (Å²) in [6.07, 6.45) is 7.00. The average molecular weight is 248 g/mol. The highest BCUT2D eigenvalue weighted by atomic mass is 16.5. The maximum atomic E-state index is 11.4. The van der Waals surface area contributed by atoms with E-state index in [1.54, 1.807) is 0 Å². The Kier molecular flexibility index (Phi) is 4.28. The largest absolute Gasteiger partial charge is 0.469 e. The van der Waals surface area contributed by atoms with E-state index >= 15 is 0 Å². The van der Waals surface area contributed by atoms with Crippen molar-refractivity contribution >= 4 is 5.97 Å². The van der Waals surface area contributed by atoms with Crippen molar-refractivity contribution < 1.29 is 9.53 Å². The maximum Gasteiger partial charge on any atom is 0.308 e. The Morgan fingerprint density at radius 3 is 2.72 bits per heavy atom. The fourth-order valence-corrected chi connectivity index (χ4v) is 2.74. The molecule has 0 amide bonds. The summed E-state index contributed by atoms with van der Waals surface area (Å²) < 4.78 is 4.80. The Morgan fingerprint density at radius 2 is 2.11 bits per heavy atom. The monoisotopic (exact) mass is 248 g/mol. The number of aryl methyl sites for hydroxylation is 1. The Labute approximate surface area is 108 Å². The van der Waals surface area contributed by atoms with Crippen molar-refractivity contribution in [1.82, 2.24) is 10.2 Å². The topological polar surface area (TPSA) is 52.1 Å². The number of aromatic nitrogens is 2. The molecule has 0 atom stereocenters. The van der Waals surface area contributed by atoms with Gasteiger partial charge < -0.3 is 4.74 Å². The van der Waals surface area contributed by atoms with E-state index in [1.165, 1.54) is 12.7 Å². The summed E-state index contributed by atoms with van der Waals surface area (Å²) in [4.78, 5) is 11.4. The molecule has 1 saturated carbocycles. The number of carbonyl (C=O) groups is 1. The molecule has 4 nitrogen and oxygen atoms in total. The minimum Gasteiger partial charge on any atom is -0.469 e. The maximum absolute atomic E-state index is 11.4. The zero-order valence-electron chi connectivity index (χ0n) is 11.1. The van der Waals surface area contributed by atoms with Crippen LogP contribution in [-0.2, 0) is 16.0 Å². The summed E-state index contributed by atoms with van der Waals surface area (Å²) in [5.41, 5.74) is 2.22. The Hall–Kier alpha value is -1.45. The molecule has 2 rings (SSSR count). The molecule has 1 heterocycles. The smallest absolute Gasteiger partial charge is 0.308 e. The van der Waals surface area contributed by atoms with Crippen LogP contribution >= 0.6 is 0 Å². The molecule has 1 aliphatic rings. The second-order valence-corrected chi connectivity index (χ2v) is 5.15. The molecule has 1 aromatic rings. The first-order chi connectivity index (χ1) is 8.69. The average Bonchev–Trinajstić information content (AvgIpc) is 2.39. The van der Waals surface area contributed by atoms with Gasteiger partial charge in [0.1, 0.15) is 0 Å². The van der Waals surface area contributed by atoms with Gasteiger partial charge in [0, 0.05) is 0 Å². The molecule has 18 heavy (non-hydrogen) atoms. The van der Waals surface area contributed by atoms with Crippen LogP contribution in [0.4, 0.5) is 0 Å². The number of hydrogen-bond acceptors (Lipinski definition) is 4. The molecule has 0 N–H and O–H groups in total. The normalized spacial score (nSPS) is 23.7. The zero-order valence-corrected chi connectivity index (χ0v) is 11.1. The molecule has 0 radical (unpaired) electrons. The Bertz CT molecular complexity index is 412. The van der Waals surface area contributed by atoms with Crippen LogP contribution in [-0.4, -0.2) is 23.3 Å². The van der Waals surface area contributed by atoms with Gasteiger partial charge in [-0.2, -0.15) is 10.2 Å². The van der Waals surface area contributed by atoms with E-state index in [2.05, 4.69) is 16.3 Å². The third-order valence-electron chi connectivity index (χ3n) is 3.74. The first kappa shape index (κ1) is 13.0. The lowest BCUT2D eigenvalue weighted by atomic mass is 9.79. The van der Waals surface area contributed by atoms with Crippen molar-refractivity contribution in [3.8, 4) is 0 Å². The van der Waals surface area contributed by atoms with E-state index in [9.17, 15) is 4.79 Å². The molecule has 0 saturated heterocycles. The molecule has 0 aliphatic heterocycles. The van der Waals surface area contributed by atoms with Crippen molar-refractivity contribution in [1.29, 1.82) is 0 Å². The number of nitrogens with zero attached hydrogens (tertiary/aromatic N) is 2. The number of esters is 1. The van der Waals surface area contributed by atoms with Crippen molar-refractivity contribution in [3.05, 3.63) is 23.5 Å². The molecule has 1 aromatic heterocycles. The van der Waals surface area contributed by atoms with Gasteiger partial charge in [-0.3, -0.25) is 4.79 Å². The summed E-state index contributed by atoms with van der Waals surface area (Å²) in [5.74, 6) is 0.730. The fraction of sp³-hybridized carbons (Fsp3) is 0.643. The third kappa shape index (κ3) is 3.28. The lowest BCUT2D eigenvalue weighted by Crippen LogP contribution is -2.23. The highest BCUT2D eigenvalue weighted by molar-refractivity contribution is 5.72. The molecular formula is C14H20N2O2. The first-order valence-corrected chi connectivity index (χ1v) is 6.55. The van der Waals surface area contributed by atoms with E-state index in [0.717, 1.165) is 37.8 Å². The van der Waals surface area contributed by atoms with Crippen LogP contribution in [0.5, 0.6) is 0 Å². The van der Waals surface area contributed by atoms with E-state index in [1.807, 2.05) is 13.1 Å². The van der Waals surface area contributed by atoms with Gasteiger partial charge in [-0.25, -0.2) is 0 Å². The molecular weight excluding hydrogens is 228 g/mol. The van der Waals surface area contributed by atoms with E-state index in [0.29, 0.717) is 5.92 Å². The number of methoxy groups -OCH3 is 1. The number of hydrogen-bond donors (Lipinski definition) is 0. The van der Waals surface area contributed by atoms with Gasteiger partial charge in [0.05, 0.1) is 24.9 Å². The first-order valence-electron chi connectivity index (χ1n) is 6.55. The SMILES string of the molecule is COC(=O)[C@H]1CC[C@H](Cc2cnnc(C)c2)CC1. The van der Waals surface area contributed by atoms with Gasteiger partial charge >= 0.3 is 5.97 Å². The highest BCUT2D eigenvalue weighted by Crippen LogP contribution is 2.31. The molecule has 0 aromatic carbocycles. The van der Waals surface area contributed by atoms with Crippen LogP contribution in [0.15, 0.2) is 12.3 Å². The fourth-order valence-electron chi connectivity index (χ4n) is 2.74. The van der Waals surface area contributed by atoms with Gasteiger partial charge in [-0.15, -0.1) is 0 Å². The van der Waals surface area contributed by atoms with Crippen LogP contribution < -0.4 is 0 Å². The quantitative estimate of drug-likeness (QED) is 0.770. The van der Waals surface area contributed by atoms with Crippen molar-refractivity contribution in [3.63, 3.8) is 0 Å². The summed E-state index contributed by atoms with van der Waals surface area (Å²) in [5, 5.41) is 7.95. The van der Waals surface area contributed by atoms with E-state index in [-0.39, 0.29) is 11.9 Å². The minimum absolute atomic E-state index is 0.0464. The Morgan fingerprint density at radius 1 is 1.39 bits per heavy atom. The van der Waals surface area contributed by atoms with Gasteiger partial charge in [-0.05, 0) is 56.6 Å². The predicted molar refractivity (Wildman–Crippen MR) is 67.9 cm³/mol. The summed E-state index contributed by atoms with van der Waals surface area (Å²) in [6, 6.07) is 2.10. The molecule has 0 spiro atoms. The molecule has 0 bridgehead atoms. The second kappa shape index (κ2) is 5.94. The third-order valence-corrected chi connectivity index (χ3v) is 3.74. The Balaban J connectivity index is 1.85. The molecule has 1 fully saturated rings. The lowest BCUT2D eigenvalue weighted by Gasteiger charge is -2.26. The molecule has 0 unspecified atom stereocenters. The van der Waals surface area contributed by atoms with Crippen molar-refractivity contribution in [2.45, 2.75) is 39.0 Å². The number of carbonyl (C=O) groups excluding carboxylic acids is 1. The van der Waals surface area contributed by atoms with E-state index in [4.69, 9.17) is 4.74 Å². The summed E-state index contributed by atoms with van der Waals surface area (Å²) in [6.45, 7) is 1.96. The second-order valence-electron chi connectivity index (χ2n) is 5.15. The summed E-state index contributed by atoms with van der Waals surface area (Å²) >= 11 is 0. The molecule has 4 heteroatoms. The highest BCUT2D eigenvalue weighted by Gasteiger charge is 2.26. The number of ether oxygens (including phenoxy) is 1. The predicted octanol–water partition coefficient (Wildman–Crippen LogP) is 2.31. The summed E-state index contributed by atoms with van der Waals surface area (Å²) in [7, 11) is 1.47. The minimum atomic E-state index is -0.0464. The van der Waals surface area contributed by atoms with Gasteiger partial charge in [0.2, 0.25) is 0 Å². The van der Waals surface area contributed by atoms with Crippen molar-refractivity contribution in [2.24, 2.45) is 11.8 Å². The molecule has 1 aliphatic carbocycles. The number of rotatable bonds is 3. The standard InChI is InChI=1S/C14H20N2O2/c1-10-7-12(9-15-16-10)8-11-3-5-13(6-4-11)14(17)18-2/h7,9,11,13H,3-6,8H2,1-2H3/t11-,13-. The van der Waals surface area contributed by atoms with Crippen LogP contribution in [0.3, 0.4) is 0 Å². The van der Waals surface area contributed by atoms with Crippen LogP contribution in [0, 0.1) is 18.8 Å². The van der Waals surface area contributed by atoms with E-state index < -0.39 is 0 Å². The van der Waals surface area contributed by atoms with Crippen LogP contribution in [0.2, 0.25) is 0 Å². The lowest BCUT2D eigenvalue weighted by molar-refractivity contribution is -0.146. The van der Waals surface area contributed by atoms with Gasteiger partial charge in [0.15, 0.2) is 0 Å². The van der Waals surface area contributed by atoms with Gasteiger partial charge in [0.25, 0.3) is 0 Å². The van der Waals surface area contributed by atoms with Crippen molar-refractivity contribution in [2.75, 3.05) is 7.11 Å². The van der Waals surface area contributed by atoms with Gasteiger partial charge in [-0.1, -0.05) is 0 Å².